The number of fused-ring (bicyclic) bond motifs is 1. The Morgan fingerprint density at radius 2 is 2.10 bits per heavy atom. The van der Waals surface area contributed by atoms with Crippen LogP contribution in [0.1, 0.15) is 37.5 Å². The smallest absolute Gasteiger partial charge is 0.222 e. The topological polar surface area (TPSA) is 53.7 Å². The van der Waals surface area contributed by atoms with Crippen molar-refractivity contribution in [2.75, 3.05) is 13.1 Å². The van der Waals surface area contributed by atoms with E-state index in [1.54, 1.807) is 4.90 Å². The van der Waals surface area contributed by atoms with Gasteiger partial charge in [-0.2, -0.15) is 0 Å². The minimum absolute atomic E-state index is 0.137. The number of carbonyl (C=O) groups is 1. The number of likely N-dealkylation sites (tertiary alicyclic amines) is 1. The van der Waals surface area contributed by atoms with Crippen LogP contribution in [0, 0.1) is 0 Å². The van der Waals surface area contributed by atoms with Crippen LogP contribution in [0.5, 0.6) is 0 Å². The molecule has 106 valence electrons. The molecule has 1 atom stereocenters. The van der Waals surface area contributed by atoms with Gasteiger partial charge in [-0.1, -0.05) is 24.6 Å². The van der Waals surface area contributed by atoms with Gasteiger partial charge in [-0.15, -0.1) is 0 Å². The largest absolute Gasteiger partial charge is 0.458 e. The molecule has 1 aliphatic rings. The standard InChI is InChI=1S/C16H19NO3/c18-13(11-17-9-5-1-2-8-16(17)19)15-10-12-6-3-4-7-14(12)20-15/h3-4,6-7,10,13,18H,1-2,5,8-9,11H2. The summed E-state index contributed by atoms with van der Waals surface area (Å²) in [5.41, 5.74) is 0.767. The molecular formula is C16H19NO3. The fourth-order valence-corrected chi connectivity index (χ4v) is 2.70. The molecule has 1 saturated heterocycles. The van der Waals surface area contributed by atoms with E-state index in [1.807, 2.05) is 30.3 Å². The van der Waals surface area contributed by atoms with Crippen LogP contribution >= 0.6 is 0 Å². The summed E-state index contributed by atoms with van der Waals surface area (Å²) in [5.74, 6) is 0.668. The molecule has 1 amide bonds. The number of furan rings is 1. The lowest BCUT2D eigenvalue weighted by Crippen LogP contribution is -2.34. The van der Waals surface area contributed by atoms with E-state index in [9.17, 15) is 9.90 Å². The second-order valence-electron chi connectivity index (χ2n) is 5.35. The lowest BCUT2D eigenvalue weighted by molar-refractivity contribution is -0.132. The Kier molecular flexibility index (Phi) is 3.74. The summed E-state index contributed by atoms with van der Waals surface area (Å²) in [6.45, 7) is 1.05. The number of hydrogen-bond acceptors (Lipinski definition) is 3. The molecule has 0 radical (unpaired) electrons. The molecule has 1 N–H and O–H groups in total. The number of para-hydroxylation sites is 1. The van der Waals surface area contributed by atoms with Crippen molar-refractivity contribution in [3.63, 3.8) is 0 Å². The first-order valence-corrected chi connectivity index (χ1v) is 7.18. The van der Waals surface area contributed by atoms with Crippen molar-refractivity contribution in [3.05, 3.63) is 36.1 Å². The number of rotatable bonds is 3. The number of nitrogens with zero attached hydrogens (tertiary/aromatic N) is 1. The van der Waals surface area contributed by atoms with Crippen LogP contribution in [0.15, 0.2) is 34.7 Å². The van der Waals surface area contributed by atoms with Gasteiger partial charge in [0.05, 0.1) is 6.54 Å². The zero-order valence-electron chi connectivity index (χ0n) is 11.4. The summed E-state index contributed by atoms with van der Waals surface area (Å²) in [7, 11) is 0. The Bertz CT molecular complexity index is 572. The van der Waals surface area contributed by atoms with Crippen LogP contribution in [-0.2, 0) is 4.79 Å². The number of carbonyl (C=O) groups excluding carboxylic acids is 1. The predicted molar refractivity (Wildman–Crippen MR) is 76.2 cm³/mol. The summed E-state index contributed by atoms with van der Waals surface area (Å²) in [6.07, 6.45) is 2.88. The quantitative estimate of drug-likeness (QED) is 0.935. The van der Waals surface area contributed by atoms with Gasteiger partial charge in [0.2, 0.25) is 5.91 Å². The minimum atomic E-state index is -0.760. The van der Waals surface area contributed by atoms with Crippen molar-refractivity contribution in [2.24, 2.45) is 0 Å². The van der Waals surface area contributed by atoms with Gasteiger partial charge in [-0.25, -0.2) is 0 Å². The average Bonchev–Trinajstić information content (AvgIpc) is 2.79. The average molecular weight is 273 g/mol. The van der Waals surface area contributed by atoms with Crippen LogP contribution in [-0.4, -0.2) is 29.0 Å². The predicted octanol–water partition coefficient (Wildman–Crippen LogP) is 2.87. The molecule has 0 bridgehead atoms. The van der Waals surface area contributed by atoms with Gasteiger partial charge >= 0.3 is 0 Å². The normalized spacial score (nSPS) is 18.2. The van der Waals surface area contributed by atoms with E-state index in [-0.39, 0.29) is 5.91 Å². The van der Waals surface area contributed by atoms with Crippen LogP contribution in [0.2, 0.25) is 0 Å². The van der Waals surface area contributed by atoms with Crippen LogP contribution in [0.25, 0.3) is 11.0 Å². The number of aliphatic hydroxyl groups excluding tert-OH is 1. The third kappa shape index (κ3) is 2.70. The van der Waals surface area contributed by atoms with Gasteiger partial charge in [0.25, 0.3) is 0 Å². The highest BCUT2D eigenvalue weighted by Crippen LogP contribution is 2.25. The second kappa shape index (κ2) is 5.67. The van der Waals surface area contributed by atoms with Crippen LogP contribution in [0.3, 0.4) is 0 Å². The van der Waals surface area contributed by atoms with Crippen molar-refractivity contribution in [1.29, 1.82) is 0 Å². The Labute approximate surface area is 118 Å². The fraction of sp³-hybridized carbons (Fsp3) is 0.438. The maximum absolute atomic E-state index is 11.9. The fourth-order valence-electron chi connectivity index (χ4n) is 2.70. The summed E-state index contributed by atoms with van der Waals surface area (Å²) in [4.78, 5) is 13.7. The van der Waals surface area contributed by atoms with Crippen molar-refractivity contribution >= 4 is 16.9 Å². The summed E-state index contributed by atoms with van der Waals surface area (Å²) >= 11 is 0. The maximum atomic E-state index is 11.9. The van der Waals surface area contributed by atoms with Crippen molar-refractivity contribution in [3.8, 4) is 0 Å². The highest BCUT2D eigenvalue weighted by Gasteiger charge is 2.22. The minimum Gasteiger partial charge on any atom is -0.458 e. The maximum Gasteiger partial charge on any atom is 0.222 e. The number of hydrogen-bond donors (Lipinski definition) is 1. The zero-order chi connectivity index (χ0) is 13.9. The molecule has 3 rings (SSSR count). The van der Waals surface area contributed by atoms with E-state index < -0.39 is 6.10 Å². The molecule has 1 aromatic heterocycles. The third-order valence-corrected chi connectivity index (χ3v) is 3.84. The molecular weight excluding hydrogens is 254 g/mol. The van der Waals surface area contributed by atoms with Gasteiger partial charge in [0.1, 0.15) is 17.4 Å². The highest BCUT2D eigenvalue weighted by molar-refractivity contribution is 5.78. The molecule has 1 aromatic carbocycles. The van der Waals surface area contributed by atoms with Crippen molar-refractivity contribution in [2.45, 2.75) is 31.8 Å². The van der Waals surface area contributed by atoms with E-state index in [2.05, 4.69) is 0 Å². The Hall–Kier alpha value is -1.81. The molecule has 1 fully saturated rings. The number of aliphatic hydroxyl groups is 1. The number of amides is 1. The molecule has 0 aliphatic carbocycles. The monoisotopic (exact) mass is 273 g/mol. The molecule has 1 unspecified atom stereocenters. The molecule has 2 heterocycles. The Morgan fingerprint density at radius 1 is 1.25 bits per heavy atom. The molecule has 0 spiro atoms. The van der Waals surface area contributed by atoms with Gasteiger partial charge in [0, 0.05) is 18.4 Å². The van der Waals surface area contributed by atoms with Crippen molar-refractivity contribution < 1.29 is 14.3 Å². The summed E-state index contributed by atoms with van der Waals surface area (Å²) in [6, 6.07) is 9.52. The lowest BCUT2D eigenvalue weighted by atomic mass is 10.2. The van der Waals surface area contributed by atoms with Gasteiger partial charge < -0.3 is 14.4 Å². The molecule has 4 heteroatoms. The first kappa shape index (κ1) is 13.2. The molecule has 0 saturated carbocycles. The zero-order valence-corrected chi connectivity index (χ0v) is 11.4. The molecule has 20 heavy (non-hydrogen) atoms. The SMILES string of the molecule is O=C1CCCCCN1CC(O)c1cc2ccccc2o1. The van der Waals surface area contributed by atoms with Gasteiger partial charge in [0.15, 0.2) is 0 Å². The van der Waals surface area contributed by atoms with E-state index in [0.717, 1.165) is 36.8 Å². The summed E-state index contributed by atoms with van der Waals surface area (Å²) in [5, 5.41) is 11.3. The third-order valence-electron chi connectivity index (χ3n) is 3.84. The lowest BCUT2D eigenvalue weighted by Gasteiger charge is -2.22. The Balaban J connectivity index is 1.74. The van der Waals surface area contributed by atoms with Crippen LogP contribution < -0.4 is 0 Å². The van der Waals surface area contributed by atoms with Crippen LogP contribution in [0.4, 0.5) is 0 Å². The molecule has 1 aliphatic heterocycles. The first-order valence-electron chi connectivity index (χ1n) is 7.18. The van der Waals surface area contributed by atoms with Gasteiger partial charge in [-0.3, -0.25) is 4.79 Å². The number of β-amino-alcohol motifs (C(OH)–C–C–N with tert-alkyl or cyclic N) is 1. The van der Waals surface area contributed by atoms with E-state index in [4.69, 9.17) is 4.42 Å². The molecule has 4 nitrogen and oxygen atoms in total. The molecule has 2 aromatic rings. The first-order chi connectivity index (χ1) is 9.74. The van der Waals surface area contributed by atoms with Crippen molar-refractivity contribution in [1.82, 2.24) is 4.90 Å². The van der Waals surface area contributed by atoms with E-state index in [1.165, 1.54) is 0 Å². The number of benzene rings is 1. The highest BCUT2D eigenvalue weighted by atomic mass is 16.4. The summed E-state index contributed by atoms with van der Waals surface area (Å²) < 4.78 is 5.65. The Morgan fingerprint density at radius 3 is 2.95 bits per heavy atom. The van der Waals surface area contributed by atoms with E-state index in [0.29, 0.717) is 18.7 Å². The van der Waals surface area contributed by atoms with E-state index >= 15 is 0 Å². The van der Waals surface area contributed by atoms with Gasteiger partial charge in [-0.05, 0) is 25.0 Å². The second-order valence-corrected chi connectivity index (χ2v) is 5.35.